The van der Waals surface area contributed by atoms with Gasteiger partial charge in [0.25, 0.3) is 0 Å². The van der Waals surface area contributed by atoms with E-state index in [9.17, 15) is 5.11 Å². The summed E-state index contributed by atoms with van der Waals surface area (Å²) in [5.74, 6) is 0.635. The van der Waals surface area contributed by atoms with E-state index in [0.29, 0.717) is 11.3 Å². The average Bonchev–Trinajstić information content (AvgIpc) is 1.78. The van der Waals surface area contributed by atoms with Crippen molar-refractivity contribution in [1.82, 2.24) is 0 Å². The third-order valence-electron chi connectivity index (χ3n) is 3.55. The summed E-state index contributed by atoms with van der Waals surface area (Å²) >= 11 is 0. The Morgan fingerprint density at radius 3 is 2.40 bits per heavy atom. The van der Waals surface area contributed by atoms with E-state index in [2.05, 4.69) is 0 Å². The van der Waals surface area contributed by atoms with Crippen molar-refractivity contribution in [3.8, 4) is 0 Å². The fourth-order valence-corrected chi connectivity index (χ4v) is 2.51. The summed E-state index contributed by atoms with van der Waals surface area (Å²) in [6.07, 6.45) is 4.67. The normalized spacial score (nSPS) is 42.6. The highest BCUT2D eigenvalue weighted by Gasteiger charge is 2.56. The van der Waals surface area contributed by atoms with Crippen molar-refractivity contribution >= 4 is 0 Å². The third kappa shape index (κ3) is 0.565. The SMILES string of the molecule is NCC1CC(O)C12CCC2. The molecule has 2 rings (SSSR count). The van der Waals surface area contributed by atoms with Crippen molar-refractivity contribution in [2.24, 2.45) is 17.1 Å². The van der Waals surface area contributed by atoms with E-state index >= 15 is 0 Å². The molecule has 0 bridgehead atoms. The summed E-state index contributed by atoms with van der Waals surface area (Å²) in [6.45, 7) is 0.775. The highest BCUT2D eigenvalue weighted by molar-refractivity contribution is 5.07. The Bertz CT molecular complexity index is 142. The molecule has 0 heterocycles. The number of hydrogen-bond acceptors (Lipinski definition) is 2. The molecule has 2 aliphatic rings. The molecule has 2 unspecified atom stereocenters. The Morgan fingerprint density at radius 2 is 2.20 bits per heavy atom. The van der Waals surface area contributed by atoms with E-state index in [4.69, 9.17) is 5.73 Å². The lowest BCUT2D eigenvalue weighted by Crippen LogP contribution is -2.59. The number of nitrogens with two attached hydrogens (primary N) is 1. The minimum Gasteiger partial charge on any atom is -0.393 e. The van der Waals surface area contributed by atoms with Gasteiger partial charge in [0.1, 0.15) is 0 Å². The van der Waals surface area contributed by atoms with Crippen LogP contribution in [-0.4, -0.2) is 17.8 Å². The van der Waals surface area contributed by atoms with Crippen molar-refractivity contribution in [3.63, 3.8) is 0 Å². The fourth-order valence-electron chi connectivity index (χ4n) is 2.51. The van der Waals surface area contributed by atoms with Crippen molar-refractivity contribution in [1.29, 1.82) is 0 Å². The van der Waals surface area contributed by atoms with Gasteiger partial charge in [0.15, 0.2) is 0 Å². The quantitative estimate of drug-likeness (QED) is 0.558. The van der Waals surface area contributed by atoms with Crippen LogP contribution < -0.4 is 5.73 Å². The van der Waals surface area contributed by atoms with Crippen LogP contribution in [0.4, 0.5) is 0 Å². The van der Waals surface area contributed by atoms with Crippen molar-refractivity contribution in [2.75, 3.05) is 6.54 Å². The van der Waals surface area contributed by atoms with Gasteiger partial charge in [-0.1, -0.05) is 6.42 Å². The maximum absolute atomic E-state index is 9.46. The van der Waals surface area contributed by atoms with E-state index in [1.807, 2.05) is 0 Å². The number of hydrogen-bond donors (Lipinski definition) is 2. The van der Waals surface area contributed by atoms with Crippen LogP contribution in [0.3, 0.4) is 0 Å². The summed E-state index contributed by atoms with van der Waals surface area (Å²) in [6, 6.07) is 0. The van der Waals surface area contributed by atoms with Crippen molar-refractivity contribution in [2.45, 2.75) is 31.8 Å². The topological polar surface area (TPSA) is 46.2 Å². The summed E-state index contributed by atoms with van der Waals surface area (Å²) in [4.78, 5) is 0. The molecular formula is C8H15NO. The highest BCUT2D eigenvalue weighted by Crippen LogP contribution is 2.59. The van der Waals surface area contributed by atoms with Gasteiger partial charge in [-0.25, -0.2) is 0 Å². The number of aliphatic hydroxyl groups excluding tert-OH is 1. The minimum absolute atomic E-state index is 0.0187. The zero-order chi connectivity index (χ0) is 7.19. The summed E-state index contributed by atoms with van der Waals surface area (Å²) in [5, 5.41) is 9.46. The molecule has 3 N–H and O–H groups in total. The molecule has 58 valence electrons. The summed E-state index contributed by atoms with van der Waals surface area (Å²) < 4.78 is 0. The van der Waals surface area contributed by atoms with E-state index < -0.39 is 0 Å². The van der Waals surface area contributed by atoms with Crippen molar-refractivity contribution in [3.05, 3.63) is 0 Å². The molecule has 0 aromatic heterocycles. The van der Waals surface area contributed by atoms with Crippen LogP contribution in [-0.2, 0) is 0 Å². The Balaban J connectivity index is 2.03. The van der Waals surface area contributed by atoms with Gasteiger partial charge in [-0.2, -0.15) is 0 Å². The maximum atomic E-state index is 9.46. The smallest absolute Gasteiger partial charge is 0.0602 e. The van der Waals surface area contributed by atoms with Gasteiger partial charge in [-0.15, -0.1) is 0 Å². The molecule has 0 amide bonds. The Labute approximate surface area is 61.4 Å². The van der Waals surface area contributed by atoms with Crippen LogP contribution in [0.5, 0.6) is 0 Å². The van der Waals surface area contributed by atoms with E-state index in [0.717, 1.165) is 13.0 Å². The lowest BCUT2D eigenvalue weighted by Gasteiger charge is -2.59. The first-order chi connectivity index (χ1) is 4.79. The molecule has 0 radical (unpaired) electrons. The zero-order valence-corrected chi connectivity index (χ0v) is 6.21. The largest absolute Gasteiger partial charge is 0.393 e. The molecule has 0 saturated heterocycles. The lowest BCUT2D eigenvalue weighted by atomic mass is 9.48. The number of rotatable bonds is 1. The standard InChI is InChI=1S/C8H15NO/c9-5-6-4-7(10)8(6)2-1-3-8/h6-7,10H,1-5,9H2. The van der Waals surface area contributed by atoms with Gasteiger partial charge in [0.2, 0.25) is 0 Å². The van der Waals surface area contributed by atoms with Gasteiger partial charge < -0.3 is 10.8 Å². The molecule has 10 heavy (non-hydrogen) atoms. The summed E-state index contributed by atoms with van der Waals surface area (Å²) in [7, 11) is 0. The second-order valence-electron chi connectivity index (χ2n) is 3.77. The van der Waals surface area contributed by atoms with Gasteiger partial charge in [-0.05, 0) is 31.7 Å². The van der Waals surface area contributed by atoms with Crippen molar-refractivity contribution < 1.29 is 5.11 Å². The van der Waals surface area contributed by atoms with Gasteiger partial charge in [0.05, 0.1) is 6.10 Å². The first kappa shape index (κ1) is 6.62. The van der Waals surface area contributed by atoms with Gasteiger partial charge >= 0.3 is 0 Å². The summed E-state index contributed by atoms with van der Waals surface area (Å²) in [5.41, 5.74) is 5.87. The predicted octanol–water partition coefficient (Wildman–Crippen LogP) is 0.496. The predicted molar refractivity (Wildman–Crippen MR) is 39.5 cm³/mol. The second-order valence-corrected chi connectivity index (χ2v) is 3.77. The monoisotopic (exact) mass is 141 g/mol. The van der Waals surface area contributed by atoms with Crippen LogP contribution in [0.15, 0.2) is 0 Å². The van der Waals surface area contributed by atoms with Gasteiger partial charge in [0, 0.05) is 5.41 Å². The second kappa shape index (κ2) is 1.95. The molecule has 0 aliphatic heterocycles. The first-order valence-corrected chi connectivity index (χ1v) is 4.18. The van der Waals surface area contributed by atoms with E-state index in [1.54, 1.807) is 0 Å². The Kier molecular flexibility index (Phi) is 1.29. The van der Waals surface area contributed by atoms with Crippen LogP contribution in [0.25, 0.3) is 0 Å². The van der Waals surface area contributed by atoms with Gasteiger partial charge in [-0.3, -0.25) is 0 Å². The zero-order valence-electron chi connectivity index (χ0n) is 6.21. The maximum Gasteiger partial charge on any atom is 0.0602 e. The van der Waals surface area contributed by atoms with Crippen LogP contribution in [0, 0.1) is 11.3 Å². The molecule has 2 heteroatoms. The molecular weight excluding hydrogens is 126 g/mol. The Hall–Kier alpha value is -0.0800. The van der Waals surface area contributed by atoms with Crippen LogP contribution in [0.1, 0.15) is 25.7 Å². The first-order valence-electron chi connectivity index (χ1n) is 4.18. The molecule has 2 saturated carbocycles. The molecule has 1 spiro atoms. The third-order valence-corrected chi connectivity index (χ3v) is 3.55. The fraction of sp³-hybridized carbons (Fsp3) is 1.00. The molecule has 0 aromatic rings. The van der Waals surface area contributed by atoms with Crippen LogP contribution >= 0.6 is 0 Å². The van der Waals surface area contributed by atoms with E-state index in [-0.39, 0.29) is 6.10 Å². The molecule has 2 aliphatic carbocycles. The van der Waals surface area contributed by atoms with Crippen LogP contribution in [0.2, 0.25) is 0 Å². The molecule has 2 nitrogen and oxygen atoms in total. The molecule has 0 aromatic carbocycles. The molecule has 2 fully saturated rings. The Morgan fingerprint density at radius 1 is 1.50 bits per heavy atom. The average molecular weight is 141 g/mol. The van der Waals surface area contributed by atoms with E-state index in [1.165, 1.54) is 19.3 Å². The minimum atomic E-state index is -0.0187. The highest BCUT2D eigenvalue weighted by atomic mass is 16.3. The lowest BCUT2D eigenvalue weighted by molar-refractivity contribution is -0.165. The molecule has 2 atom stereocenters. The number of aliphatic hydroxyl groups is 1.